The van der Waals surface area contributed by atoms with E-state index in [0.29, 0.717) is 12.3 Å². The minimum Gasteiger partial charge on any atom is -0.368 e. The number of hydrogen-bond acceptors (Lipinski definition) is 5. The number of aryl methyl sites for hydroxylation is 1. The van der Waals surface area contributed by atoms with Crippen LogP contribution in [-0.4, -0.2) is 45.1 Å². The third-order valence-electron chi connectivity index (χ3n) is 3.74. The standard InChI is InChI=1S/C16H19ClN6/c1-11-8-15(23-16(21-11)19-10-20-23)18-9-14(22(2)3)12-6-4-5-7-13(12)17/h4-8,10,14,18H,9H2,1-3H3/t14-/m1/s1. The van der Waals surface area contributed by atoms with Gasteiger partial charge in [-0.15, -0.1) is 0 Å². The first kappa shape index (κ1) is 15.7. The molecule has 0 spiro atoms. The minimum atomic E-state index is 0.135. The molecule has 1 atom stereocenters. The topological polar surface area (TPSA) is 58.4 Å². The number of anilines is 1. The summed E-state index contributed by atoms with van der Waals surface area (Å²) >= 11 is 6.36. The van der Waals surface area contributed by atoms with E-state index in [1.807, 2.05) is 45.3 Å². The molecule has 120 valence electrons. The Morgan fingerprint density at radius 3 is 2.83 bits per heavy atom. The lowest BCUT2D eigenvalue weighted by atomic mass is 10.1. The Balaban J connectivity index is 1.87. The quantitative estimate of drug-likeness (QED) is 0.779. The van der Waals surface area contributed by atoms with Gasteiger partial charge >= 0.3 is 0 Å². The number of halogens is 1. The lowest BCUT2D eigenvalue weighted by molar-refractivity contribution is 0.311. The van der Waals surface area contributed by atoms with E-state index in [-0.39, 0.29) is 6.04 Å². The molecule has 1 aromatic carbocycles. The zero-order valence-corrected chi connectivity index (χ0v) is 14.1. The van der Waals surface area contributed by atoms with Gasteiger partial charge < -0.3 is 10.2 Å². The zero-order valence-electron chi connectivity index (χ0n) is 13.4. The molecule has 6 nitrogen and oxygen atoms in total. The molecular formula is C16H19ClN6. The monoisotopic (exact) mass is 330 g/mol. The van der Waals surface area contributed by atoms with Gasteiger partial charge in [-0.05, 0) is 32.6 Å². The highest BCUT2D eigenvalue weighted by Gasteiger charge is 2.17. The molecule has 0 radical (unpaired) electrons. The average molecular weight is 331 g/mol. The van der Waals surface area contributed by atoms with E-state index in [9.17, 15) is 0 Å². The summed E-state index contributed by atoms with van der Waals surface area (Å²) in [4.78, 5) is 10.6. The molecule has 0 aliphatic rings. The molecule has 0 fully saturated rings. The second-order valence-corrected chi connectivity index (χ2v) is 6.04. The van der Waals surface area contributed by atoms with E-state index in [1.54, 1.807) is 4.52 Å². The molecule has 3 rings (SSSR count). The van der Waals surface area contributed by atoms with Crippen LogP contribution in [0.15, 0.2) is 36.7 Å². The van der Waals surface area contributed by atoms with Crippen molar-refractivity contribution >= 4 is 23.2 Å². The molecule has 0 unspecified atom stereocenters. The van der Waals surface area contributed by atoms with Crippen molar-refractivity contribution in [1.82, 2.24) is 24.5 Å². The van der Waals surface area contributed by atoms with Crippen LogP contribution in [0.4, 0.5) is 5.82 Å². The summed E-state index contributed by atoms with van der Waals surface area (Å²) in [5, 5.41) is 8.42. The summed E-state index contributed by atoms with van der Waals surface area (Å²) in [6.45, 7) is 2.63. The summed E-state index contributed by atoms with van der Waals surface area (Å²) < 4.78 is 1.70. The Bertz CT molecular complexity index is 813. The van der Waals surface area contributed by atoms with Crippen LogP contribution in [0, 0.1) is 6.92 Å². The predicted octanol–water partition coefficient (Wildman–Crippen LogP) is 2.80. The molecule has 0 aliphatic heterocycles. The molecule has 2 aromatic heterocycles. The SMILES string of the molecule is Cc1cc(NC[C@H](c2ccccc2Cl)N(C)C)n2ncnc2n1. The largest absolute Gasteiger partial charge is 0.368 e. The van der Waals surface area contributed by atoms with Gasteiger partial charge in [-0.2, -0.15) is 14.6 Å². The maximum absolute atomic E-state index is 6.36. The lowest BCUT2D eigenvalue weighted by Gasteiger charge is -2.26. The highest BCUT2D eigenvalue weighted by molar-refractivity contribution is 6.31. The highest BCUT2D eigenvalue weighted by Crippen LogP contribution is 2.26. The van der Waals surface area contributed by atoms with Gasteiger partial charge in [0.1, 0.15) is 12.1 Å². The van der Waals surface area contributed by atoms with Crippen molar-refractivity contribution in [3.63, 3.8) is 0 Å². The summed E-state index contributed by atoms with van der Waals surface area (Å²) in [7, 11) is 4.08. The van der Waals surface area contributed by atoms with E-state index in [1.165, 1.54) is 6.33 Å². The van der Waals surface area contributed by atoms with Gasteiger partial charge in [0, 0.05) is 23.3 Å². The number of benzene rings is 1. The summed E-state index contributed by atoms with van der Waals surface area (Å²) in [5.41, 5.74) is 1.99. The van der Waals surface area contributed by atoms with Crippen LogP contribution in [0.5, 0.6) is 0 Å². The van der Waals surface area contributed by atoms with Crippen LogP contribution in [0.25, 0.3) is 5.78 Å². The van der Waals surface area contributed by atoms with Crippen molar-refractivity contribution in [3.05, 3.63) is 52.9 Å². The predicted molar refractivity (Wildman–Crippen MR) is 91.9 cm³/mol. The van der Waals surface area contributed by atoms with Gasteiger partial charge in [0.25, 0.3) is 5.78 Å². The Labute approximate surface area is 140 Å². The molecule has 0 bridgehead atoms. The average Bonchev–Trinajstić information content (AvgIpc) is 2.97. The fourth-order valence-corrected chi connectivity index (χ4v) is 2.84. The molecular weight excluding hydrogens is 312 g/mol. The normalized spacial score (nSPS) is 12.7. The number of nitrogens with one attached hydrogen (secondary N) is 1. The van der Waals surface area contributed by atoms with Gasteiger partial charge in [0.2, 0.25) is 0 Å². The van der Waals surface area contributed by atoms with E-state index in [2.05, 4.69) is 31.3 Å². The van der Waals surface area contributed by atoms with Crippen LogP contribution in [0.3, 0.4) is 0 Å². The molecule has 7 heteroatoms. The lowest BCUT2D eigenvalue weighted by Crippen LogP contribution is -2.27. The fraction of sp³-hybridized carbons (Fsp3) is 0.312. The first-order chi connectivity index (χ1) is 11.1. The maximum atomic E-state index is 6.36. The second-order valence-electron chi connectivity index (χ2n) is 5.64. The van der Waals surface area contributed by atoms with Gasteiger partial charge in [-0.3, -0.25) is 0 Å². The molecule has 2 heterocycles. The number of rotatable bonds is 5. The van der Waals surface area contributed by atoms with Crippen molar-refractivity contribution < 1.29 is 0 Å². The first-order valence-corrected chi connectivity index (χ1v) is 7.76. The van der Waals surface area contributed by atoms with E-state index < -0.39 is 0 Å². The number of aromatic nitrogens is 4. The fourth-order valence-electron chi connectivity index (χ4n) is 2.57. The molecule has 0 aliphatic carbocycles. The van der Waals surface area contributed by atoms with Crippen LogP contribution in [0.2, 0.25) is 5.02 Å². The van der Waals surface area contributed by atoms with Crippen molar-refractivity contribution in [1.29, 1.82) is 0 Å². The third kappa shape index (κ3) is 3.28. The number of nitrogens with zero attached hydrogens (tertiary/aromatic N) is 5. The van der Waals surface area contributed by atoms with E-state index >= 15 is 0 Å². The van der Waals surface area contributed by atoms with Gasteiger partial charge in [0.05, 0.1) is 6.04 Å². The Kier molecular flexibility index (Phi) is 4.45. The van der Waals surface area contributed by atoms with Crippen LogP contribution >= 0.6 is 11.6 Å². The molecule has 0 saturated heterocycles. The zero-order chi connectivity index (χ0) is 16.4. The summed E-state index contributed by atoms with van der Waals surface area (Å²) in [6, 6.07) is 10.0. The van der Waals surface area contributed by atoms with E-state index in [0.717, 1.165) is 22.1 Å². The number of likely N-dealkylation sites (N-methyl/N-ethyl adjacent to an activating group) is 1. The second kappa shape index (κ2) is 6.52. The molecule has 0 saturated carbocycles. The Morgan fingerprint density at radius 2 is 2.09 bits per heavy atom. The van der Waals surface area contributed by atoms with Gasteiger partial charge in [-0.25, -0.2) is 4.98 Å². The minimum absolute atomic E-state index is 0.135. The highest BCUT2D eigenvalue weighted by atomic mass is 35.5. The van der Waals surface area contributed by atoms with Gasteiger partial charge in [-0.1, -0.05) is 29.8 Å². The van der Waals surface area contributed by atoms with Crippen LogP contribution in [0.1, 0.15) is 17.3 Å². The number of fused-ring (bicyclic) bond motifs is 1. The molecule has 1 N–H and O–H groups in total. The van der Waals surface area contributed by atoms with Crippen LogP contribution in [-0.2, 0) is 0 Å². The third-order valence-corrected chi connectivity index (χ3v) is 4.09. The van der Waals surface area contributed by atoms with Crippen molar-refractivity contribution in [2.45, 2.75) is 13.0 Å². The van der Waals surface area contributed by atoms with Crippen molar-refractivity contribution in [3.8, 4) is 0 Å². The smallest absolute Gasteiger partial charge is 0.254 e. The summed E-state index contributed by atoms with van der Waals surface area (Å²) in [6.07, 6.45) is 1.50. The Morgan fingerprint density at radius 1 is 1.30 bits per heavy atom. The molecule has 3 aromatic rings. The molecule has 0 amide bonds. The number of hydrogen-bond donors (Lipinski definition) is 1. The Hall–Kier alpha value is -2.18. The van der Waals surface area contributed by atoms with E-state index in [4.69, 9.17) is 11.6 Å². The van der Waals surface area contributed by atoms with Gasteiger partial charge in [0.15, 0.2) is 0 Å². The maximum Gasteiger partial charge on any atom is 0.254 e. The van der Waals surface area contributed by atoms with Crippen LogP contribution < -0.4 is 5.32 Å². The van der Waals surface area contributed by atoms with Crippen molar-refractivity contribution in [2.75, 3.05) is 26.0 Å². The van der Waals surface area contributed by atoms with Crippen molar-refractivity contribution in [2.24, 2.45) is 0 Å². The molecule has 23 heavy (non-hydrogen) atoms. The summed E-state index contributed by atoms with van der Waals surface area (Å²) in [5.74, 6) is 1.45. The first-order valence-electron chi connectivity index (χ1n) is 7.38.